The van der Waals surface area contributed by atoms with E-state index in [4.69, 9.17) is 0 Å². The van der Waals surface area contributed by atoms with Gasteiger partial charge in [0.05, 0.1) is 17.7 Å². The Labute approximate surface area is 102 Å². The predicted octanol–water partition coefficient (Wildman–Crippen LogP) is 0.798. The molecule has 5 nitrogen and oxygen atoms in total. The van der Waals surface area contributed by atoms with Crippen molar-refractivity contribution in [2.45, 2.75) is 39.7 Å². The van der Waals surface area contributed by atoms with Crippen molar-refractivity contribution in [1.29, 1.82) is 0 Å². The molecule has 0 aliphatic heterocycles. The minimum Gasteiger partial charge on any atom is -0.389 e. The number of H-pyrrole nitrogens is 1. The third kappa shape index (κ3) is 3.85. The first-order chi connectivity index (χ1) is 7.70. The Hall–Kier alpha value is -1.36. The molecule has 17 heavy (non-hydrogen) atoms. The lowest BCUT2D eigenvalue weighted by molar-refractivity contribution is -0.131. The number of rotatable bonds is 4. The summed E-state index contributed by atoms with van der Waals surface area (Å²) in [6.45, 7) is 7.47. The predicted molar refractivity (Wildman–Crippen MR) is 65.7 cm³/mol. The number of carbonyl (C=O) groups is 1. The lowest BCUT2D eigenvalue weighted by atomic mass is 10.1. The zero-order valence-electron chi connectivity index (χ0n) is 11.2. The van der Waals surface area contributed by atoms with E-state index in [1.807, 2.05) is 13.8 Å². The first-order valence-electron chi connectivity index (χ1n) is 5.67. The summed E-state index contributed by atoms with van der Waals surface area (Å²) in [7, 11) is 1.70. The summed E-state index contributed by atoms with van der Waals surface area (Å²) in [6.07, 6.45) is 0.320. The largest absolute Gasteiger partial charge is 0.389 e. The maximum absolute atomic E-state index is 12.0. The highest BCUT2D eigenvalue weighted by Crippen LogP contribution is 2.12. The molecule has 2 N–H and O–H groups in total. The third-order valence-electron chi connectivity index (χ3n) is 2.66. The Bertz CT molecular complexity index is 385. The van der Waals surface area contributed by atoms with E-state index in [0.717, 1.165) is 17.0 Å². The molecule has 0 spiro atoms. The number of amides is 1. The normalized spacial score (nSPS) is 11.6. The molecule has 1 aromatic heterocycles. The Balaban J connectivity index is 2.67. The molecule has 1 aromatic rings. The monoisotopic (exact) mass is 239 g/mol. The molecular formula is C12H21N3O2. The molecule has 1 rings (SSSR count). The summed E-state index contributed by atoms with van der Waals surface area (Å²) in [5.74, 6) is -0.0141. The molecule has 0 fully saturated rings. The van der Waals surface area contributed by atoms with Gasteiger partial charge >= 0.3 is 0 Å². The second-order valence-electron chi connectivity index (χ2n) is 5.15. The maximum atomic E-state index is 12.0. The standard InChI is InChI=1S/C12H21N3O2/c1-8-10(9(2)14-13-8)6-11(16)15(5)7-12(3,4)17/h17H,6-7H2,1-5H3,(H,13,14). The Morgan fingerprint density at radius 2 is 2.06 bits per heavy atom. The SMILES string of the molecule is Cc1n[nH]c(C)c1CC(=O)N(C)CC(C)(C)O. The zero-order chi connectivity index (χ0) is 13.2. The number of aromatic nitrogens is 2. The van der Waals surface area contributed by atoms with E-state index in [0.29, 0.717) is 13.0 Å². The van der Waals surface area contributed by atoms with Crippen molar-refractivity contribution >= 4 is 5.91 Å². The zero-order valence-corrected chi connectivity index (χ0v) is 11.2. The number of hydrogen-bond donors (Lipinski definition) is 2. The van der Waals surface area contributed by atoms with Gasteiger partial charge in [-0.25, -0.2) is 0 Å². The summed E-state index contributed by atoms with van der Waals surface area (Å²) in [5.41, 5.74) is 1.85. The van der Waals surface area contributed by atoms with Crippen LogP contribution in [0.15, 0.2) is 0 Å². The van der Waals surface area contributed by atoms with Gasteiger partial charge in [-0.2, -0.15) is 5.10 Å². The molecule has 0 bridgehead atoms. The van der Waals surface area contributed by atoms with E-state index < -0.39 is 5.60 Å². The lowest BCUT2D eigenvalue weighted by Crippen LogP contribution is -2.40. The van der Waals surface area contributed by atoms with E-state index >= 15 is 0 Å². The molecule has 0 atom stereocenters. The molecule has 0 aliphatic carbocycles. The van der Waals surface area contributed by atoms with Gasteiger partial charge in [0.2, 0.25) is 5.91 Å². The average Bonchev–Trinajstić information content (AvgIpc) is 2.46. The van der Waals surface area contributed by atoms with Gasteiger partial charge in [-0.15, -0.1) is 0 Å². The van der Waals surface area contributed by atoms with Crippen molar-refractivity contribution in [3.63, 3.8) is 0 Å². The molecule has 0 unspecified atom stereocenters. The molecule has 0 aromatic carbocycles. The number of hydrogen-bond acceptors (Lipinski definition) is 3. The van der Waals surface area contributed by atoms with Gasteiger partial charge in [0.25, 0.3) is 0 Å². The number of carbonyl (C=O) groups excluding carboxylic acids is 1. The first kappa shape index (κ1) is 13.7. The van der Waals surface area contributed by atoms with Crippen LogP contribution in [0.25, 0.3) is 0 Å². The molecule has 0 saturated carbocycles. The smallest absolute Gasteiger partial charge is 0.226 e. The summed E-state index contributed by atoms with van der Waals surface area (Å²) < 4.78 is 0. The van der Waals surface area contributed by atoms with Crippen LogP contribution >= 0.6 is 0 Å². The van der Waals surface area contributed by atoms with Gasteiger partial charge in [0.15, 0.2) is 0 Å². The molecule has 1 amide bonds. The van der Waals surface area contributed by atoms with Crippen molar-refractivity contribution < 1.29 is 9.90 Å². The average molecular weight is 239 g/mol. The molecule has 0 radical (unpaired) electrons. The highest BCUT2D eigenvalue weighted by Gasteiger charge is 2.20. The highest BCUT2D eigenvalue weighted by molar-refractivity contribution is 5.79. The van der Waals surface area contributed by atoms with Crippen LogP contribution in [0.2, 0.25) is 0 Å². The maximum Gasteiger partial charge on any atom is 0.226 e. The molecule has 5 heteroatoms. The number of aromatic amines is 1. The Kier molecular flexibility index (Phi) is 3.93. The quantitative estimate of drug-likeness (QED) is 0.816. The van der Waals surface area contributed by atoms with Gasteiger partial charge in [0.1, 0.15) is 0 Å². The minimum atomic E-state index is -0.870. The number of nitrogens with one attached hydrogen (secondary N) is 1. The van der Waals surface area contributed by atoms with Crippen LogP contribution in [-0.2, 0) is 11.2 Å². The molecular weight excluding hydrogens is 218 g/mol. The van der Waals surface area contributed by atoms with Gasteiger partial charge < -0.3 is 10.0 Å². The summed E-state index contributed by atoms with van der Waals surface area (Å²) in [4.78, 5) is 13.5. The van der Waals surface area contributed by atoms with E-state index in [2.05, 4.69) is 10.2 Å². The molecule has 0 saturated heterocycles. The van der Waals surface area contributed by atoms with E-state index in [1.54, 1.807) is 25.8 Å². The number of nitrogens with zero attached hydrogens (tertiary/aromatic N) is 2. The van der Waals surface area contributed by atoms with Crippen molar-refractivity contribution in [3.05, 3.63) is 17.0 Å². The fourth-order valence-electron chi connectivity index (χ4n) is 1.79. The fraction of sp³-hybridized carbons (Fsp3) is 0.667. The number of aliphatic hydroxyl groups is 1. The topological polar surface area (TPSA) is 69.2 Å². The van der Waals surface area contributed by atoms with Crippen LogP contribution in [-0.4, -0.2) is 45.3 Å². The van der Waals surface area contributed by atoms with Crippen LogP contribution in [0.3, 0.4) is 0 Å². The second kappa shape index (κ2) is 4.87. The molecule has 0 aliphatic rings. The van der Waals surface area contributed by atoms with Crippen molar-refractivity contribution in [2.75, 3.05) is 13.6 Å². The highest BCUT2D eigenvalue weighted by atomic mass is 16.3. The van der Waals surface area contributed by atoms with Crippen LogP contribution in [0.1, 0.15) is 30.8 Å². The number of likely N-dealkylation sites (N-methyl/N-ethyl adjacent to an activating group) is 1. The van der Waals surface area contributed by atoms with Crippen molar-refractivity contribution in [2.24, 2.45) is 0 Å². The first-order valence-corrected chi connectivity index (χ1v) is 5.67. The fourth-order valence-corrected chi connectivity index (χ4v) is 1.79. The third-order valence-corrected chi connectivity index (χ3v) is 2.66. The second-order valence-corrected chi connectivity index (χ2v) is 5.15. The lowest BCUT2D eigenvalue weighted by Gasteiger charge is -2.25. The van der Waals surface area contributed by atoms with Gasteiger partial charge in [0, 0.05) is 24.8 Å². The van der Waals surface area contributed by atoms with Gasteiger partial charge in [-0.3, -0.25) is 9.89 Å². The number of aryl methyl sites for hydroxylation is 2. The van der Waals surface area contributed by atoms with Crippen LogP contribution in [0.4, 0.5) is 0 Å². The minimum absolute atomic E-state index is 0.0141. The van der Waals surface area contributed by atoms with Crippen molar-refractivity contribution in [1.82, 2.24) is 15.1 Å². The van der Waals surface area contributed by atoms with Crippen LogP contribution in [0, 0.1) is 13.8 Å². The summed E-state index contributed by atoms with van der Waals surface area (Å²) in [6, 6.07) is 0. The van der Waals surface area contributed by atoms with Gasteiger partial charge in [-0.1, -0.05) is 0 Å². The summed E-state index contributed by atoms with van der Waals surface area (Å²) in [5, 5.41) is 16.6. The van der Waals surface area contributed by atoms with Gasteiger partial charge in [-0.05, 0) is 27.7 Å². The Morgan fingerprint density at radius 1 is 1.47 bits per heavy atom. The van der Waals surface area contributed by atoms with E-state index in [-0.39, 0.29) is 5.91 Å². The van der Waals surface area contributed by atoms with E-state index in [9.17, 15) is 9.90 Å². The summed E-state index contributed by atoms with van der Waals surface area (Å²) >= 11 is 0. The Morgan fingerprint density at radius 3 is 2.47 bits per heavy atom. The van der Waals surface area contributed by atoms with Crippen LogP contribution in [0.5, 0.6) is 0 Å². The molecule has 1 heterocycles. The van der Waals surface area contributed by atoms with E-state index in [1.165, 1.54) is 0 Å². The van der Waals surface area contributed by atoms with Crippen LogP contribution < -0.4 is 0 Å². The van der Waals surface area contributed by atoms with Crippen molar-refractivity contribution in [3.8, 4) is 0 Å². The molecule has 96 valence electrons.